The van der Waals surface area contributed by atoms with Gasteiger partial charge in [0.1, 0.15) is 11.6 Å². The Kier molecular flexibility index (Phi) is 4.73. The standard InChI is InChI=1S/C14H18BrF2N/c1-2-10-5-3-4-8-18(10)9-11-13(16)7-6-12(15)14(11)17/h6-7,10H,2-5,8-9H2,1H3. The van der Waals surface area contributed by atoms with Gasteiger partial charge in [-0.15, -0.1) is 0 Å². The number of halogens is 3. The maximum Gasteiger partial charge on any atom is 0.144 e. The summed E-state index contributed by atoms with van der Waals surface area (Å²) < 4.78 is 28.0. The van der Waals surface area contributed by atoms with Crippen LogP contribution in [0.1, 0.15) is 38.2 Å². The van der Waals surface area contributed by atoms with Crippen molar-refractivity contribution in [2.75, 3.05) is 6.54 Å². The first-order chi connectivity index (χ1) is 8.63. The Morgan fingerprint density at radius 3 is 2.83 bits per heavy atom. The van der Waals surface area contributed by atoms with E-state index in [-0.39, 0.29) is 5.56 Å². The molecule has 18 heavy (non-hydrogen) atoms. The van der Waals surface area contributed by atoms with Crippen molar-refractivity contribution in [1.29, 1.82) is 0 Å². The molecule has 1 nitrogen and oxygen atoms in total. The molecule has 1 heterocycles. The zero-order valence-electron chi connectivity index (χ0n) is 10.6. The molecule has 1 aromatic carbocycles. The van der Waals surface area contributed by atoms with Gasteiger partial charge in [0.05, 0.1) is 4.47 Å². The molecule has 0 spiro atoms. The minimum absolute atomic E-state index is 0.185. The quantitative estimate of drug-likeness (QED) is 0.742. The van der Waals surface area contributed by atoms with Crippen molar-refractivity contribution < 1.29 is 8.78 Å². The summed E-state index contributed by atoms with van der Waals surface area (Å²) in [4.78, 5) is 2.21. The molecule has 1 aromatic rings. The molecule has 0 saturated carbocycles. The number of nitrogens with zero attached hydrogens (tertiary/aromatic N) is 1. The highest BCUT2D eigenvalue weighted by Crippen LogP contribution is 2.26. The number of likely N-dealkylation sites (tertiary alicyclic amines) is 1. The predicted octanol–water partition coefficient (Wildman–Crippen LogP) is 4.49. The smallest absolute Gasteiger partial charge is 0.144 e. The highest BCUT2D eigenvalue weighted by Gasteiger charge is 2.23. The average Bonchev–Trinajstić information content (AvgIpc) is 2.39. The SMILES string of the molecule is CCC1CCCCN1Cc1c(F)ccc(Br)c1F. The Morgan fingerprint density at radius 1 is 1.33 bits per heavy atom. The Bertz CT molecular complexity index is 423. The second-order valence-electron chi connectivity index (χ2n) is 4.85. The minimum atomic E-state index is -0.463. The largest absolute Gasteiger partial charge is 0.296 e. The second kappa shape index (κ2) is 6.11. The van der Waals surface area contributed by atoms with Crippen LogP contribution in [0.5, 0.6) is 0 Å². The number of hydrogen-bond acceptors (Lipinski definition) is 1. The number of piperidine rings is 1. The molecule has 100 valence electrons. The van der Waals surface area contributed by atoms with Crippen LogP contribution in [0.15, 0.2) is 16.6 Å². The van der Waals surface area contributed by atoms with Crippen LogP contribution in [0.2, 0.25) is 0 Å². The van der Waals surface area contributed by atoms with Gasteiger partial charge < -0.3 is 0 Å². The Hall–Kier alpha value is -0.480. The summed E-state index contributed by atoms with van der Waals surface area (Å²) in [6, 6.07) is 3.20. The third kappa shape index (κ3) is 2.91. The fourth-order valence-corrected chi connectivity index (χ4v) is 3.02. The van der Waals surface area contributed by atoms with Crippen molar-refractivity contribution in [3.8, 4) is 0 Å². The van der Waals surface area contributed by atoms with Gasteiger partial charge in [0, 0.05) is 18.2 Å². The normalized spacial score (nSPS) is 21.2. The number of rotatable bonds is 3. The molecule has 1 unspecified atom stereocenters. The van der Waals surface area contributed by atoms with E-state index >= 15 is 0 Å². The van der Waals surface area contributed by atoms with Crippen LogP contribution < -0.4 is 0 Å². The van der Waals surface area contributed by atoms with Crippen molar-refractivity contribution in [1.82, 2.24) is 4.90 Å². The van der Waals surface area contributed by atoms with E-state index in [1.807, 2.05) is 0 Å². The lowest BCUT2D eigenvalue weighted by molar-refractivity contribution is 0.133. The molecule has 0 amide bonds. The third-order valence-electron chi connectivity index (χ3n) is 3.72. The van der Waals surface area contributed by atoms with Gasteiger partial charge in [0.15, 0.2) is 0 Å². The van der Waals surface area contributed by atoms with E-state index in [1.165, 1.54) is 18.6 Å². The molecule has 0 aromatic heterocycles. The van der Waals surface area contributed by atoms with Crippen LogP contribution in [-0.4, -0.2) is 17.5 Å². The summed E-state index contributed by atoms with van der Waals surface area (Å²) >= 11 is 3.12. The van der Waals surface area contributed by atoms with Gasteiger partial charge in [0.2, 0.25) is 0 Å². The Labute approximate surface area is 115 Å². The second-order valence-corrected chi connectivity index (χ2v) is 5.70. The van der Waals surface area contributed by atoms with E-state index in [0.717, 1.165) is 25.8 Å². The van der Waals surface area contributed by atoms with Crippen molar-refractivity contribution in [2.24, 2.45) is 0 Å². The molecule has 2 rings (SSSR count). The fraction of sp³-hybridized carbons (Fsp3) is 0.571. The predicted molar refractivity (Wildman–Crippen MR) is 72.4 cm³/mol. The van der Waals surface area contributed by atoms with Crippen LogP contribution in [0.4, 0.5) is 8.78 Å². The minimum Gasteiger partial charge on any atom is -0.296 e. The van der Waals surface area contributed by atoms with E-state index in [9.17, 15) is 8.78 Å². The van der Waals surface area contributed by atoms with Crippen molar-refractivity contribution in [3.63, 3.8) is 0 Å². The van der Waals surface area contributed by atoms with Gasteiger partial charge in [-0.3, -0.25) is 4.90 Å². The van der Waals surface area contributed by atoms with E-state index in [0.29, 0.717) is 17.1 Å². The van der Waals surface area contributed by atoms with Gasteiger partial charge in [-0.2, -0.15) is 0 Å². The van der Waals surface area contributed by atoms with E-state index < -0.39 is 11.6 Å². The fourth-order valence-electron chi connectivity index (χ4n) is 2.65. The highest BCUT2D eigenvalue weighted by atomic mass is 79.9. The molecular formula is C14H18BrF2N. The van der Waals surface area contributed by atoms with Crippen LogP contribution >= 0.6 is 15.9 Å². The summed E-state index contributed by atoms with van der Waals surface area (Å²) in [5, 5.41) is 0. The molecule has 0 bridgehead atoms. The lowest BCUT2D eigenvalue weighted by atomic mass is 9.99. The summed E-state index contributed by atoms with van der Waals surface area (Å²) in [7, 11) is 0. The molecule has 1 fully saturated rings. The zero-order valence-corrected chi connectivity index (χ0v) is 12.1. The summed E-state index contributed by atoms with van der Waals surface area (Å²) in [6.45, 7) is 3.44. The van der Waals surface area contributed by atoms with E-state index in [4.69, 9.17) is 0 Å². The molecule has 0 N–H and O–H groups in total. The van der Waals surface area contributed by atoms with Crippen molar-refractivity contribution >= 4 is 15.9 Å². The van der Waals surface area contributed by atoms with Crippen LogP contribution in [-0.2, 0) is 6.54 Å². The van der Waals surface area contributed by atoms with Crippen LogP contribution in [0.3, 0.4) is 0 Å². The first-order valence-electron chi connectivity index (χ1n) is 6.50. The average molecular weight is 318 g/mol. The van der Waals surface area contributed by atoms with E-state index in [1.54, 1.807) is 0 Å². The summed E-state index contributed by atoms with van der Waals surface area (Å²) in [5.74, 6) is -0.911. The van der Waals surface area contributed by atoms with Crippen molar-refractivity contribution in [3.05, 3.63) is 33.8 Å². The molecule has 1 aliphatic heterocycles. The molecule has 1 saturated heterocycles. The summed E-state index contributed by atoms with van der Waals surface area (Å²) in [5.41, 5.74) is 0.185. The van der Waals surface area contributed by atoms with Gasteiger partial charge in [-0.1, -0.05) is 13.3 Å². The lowest BCUT2D eigenvalue weighted by Crippen LogP contribution is -2.38. The molecule has 0 aliphatic carbocycles. The monoisotopic (exact) mass is 317 g/mol. The Morgan fingerprint density at radius 2 is 2.11 bits per heavy atom. The maximum atomic E-state index is 13.9. The third-order valence-corrected chi connectivity index (χ3v) is 4.33. The molecule has 1 atom stereocenters. The van der Waals surface area contributed by atoms with Gasteiger partial charge in [-0.05, 0) is 53.9 Å². The molecule has 0 radical (unpaired) electrons. The first-order valence-corrected chi connectivity index (χ1v) is 7.29. The zero-order chi connectivity index (χ0) is 13.1. The summed E-state index contributed by atoms with van der Waals surface area (Å²) in [6.07, 6.45) is 4.51. The molecule has 1 aliphatic rings. The molecule has 4 heteroatoms. The maximum absolute atomic E-state index is 13.9. The topological polar surface area (TPSA) is 3.24 Å². The number of hydrogen-bond donors (Lipinski definition) is 0. The Balaban J connectivity index is 2.20. The van der Waals surface area contributed by atoms with Gasteiger partial charge in [0.25, 0.3) is 0 Å². The first kappa shape index (κ1) is 13.9. The van der Waals surface area contributed by atoms with Gasteiger partial charge in [-0.25, -0.2) is 8.78 Å². The van der Waals surface area contributed by atoms with Crippen LogP contribution in [0, 0.1) is 11.6 Å². The lowest BCUT2D eigenvalue weighted by Gasteiger charge is -2.35. The molecular weight excluding hydrogens is 300 g/mol. The van der Waals surface area contributed by atoms with Gasteiger partial charge >= 0.3 is 0 Å². The van der Waals surface area contributed by atoms with E-state index in [2.05, 4.69) is 27.8 Å². The number of benzene rings is 1. The van der Waals surface area contributed by atoms with Crippen molar-refractivity contribution in [2.45, 2.75) is 45.2 Å². The highest BCUT2D eigenvalue weighted by molar-refractivity contribution is 9.10. The van der Waals surface area contributed by atoms with Crippen LogP contribution in [0.25, 0.3) is 0 Å².